The number of amides is 1. The molecular formula is C26H29F3N4O4. The summed E-state index contributed by atoms with van der Waals surface area (Å²) in [7, 11) is 0. The molecule has 1 aromatic heterocycles. The van der Waals surface area contributed by atoms with Crippen LogP contribution in [0.1, 0.15) is 41.8 Å². The number of nitrogens with zero attached hydrogens (tertiary/aromatic N) is 3. The predicted octanol–water partition coefficient (Wildman–Crippen LogP) is 3.52. The average Bonchev–Trinajstić information content (AvgIpc) is 2.89. The van der Waals surface area contributed by atoms with Gasteiger partial charge in [0.15, 0.2) is 0 Å². The van der Waals surface area contributed by atoms with E-state index in [2.05, 4.69) is 15.3 Å². The number of pyridine rings is 1. The Bertz CT molecular complexity index is 1180. The van der Waals surface area contributed by atoms with E-state index in [4.69, 9.17) is 9.47 Å². The number of carbonyl (C=O) groups is 1. The molecule has 0 radical (unpaired) electrons. The molecule has 2 aromatic rings. The van der Waals surface area contributed by atoms with Crippen molar-refractivity contribution in [3.05, 3.63) is 65.0 Å². The van der Waals surface area contributed by atoms with E-state index in [0.29, 0.717) is 38.6 Å². The van der Waals surface area contributed by atoms with Crippen LogP contribution >= 0.6 is 0 Å². The summed E-state index contributed by atoms with van der Waals surface area (Å²) in [5.41, 5.74) is 0.267. The minimum Gasteiger partial charge on any atom is -0.475 e. The number of nitrogens with one attached hydrogen (secondary N) is 1. The van der Waals surface area contributed by atoms with E-state index in [1.165, 1.54) is 12.1 Å². The highest BCUT2D eigenvalue weighted by Gasteiger charge is 2.41. The first-order valence-corrected chi connectivity index (χ1v) is 11.9. The molecule has 1 fully saturated rings. The van der Waals surface area contributed by atoms with Crippen molar-refractivity contribution in [3.63, 3.8) is 0 Å². The number of aliphatic imine (C=N–C) groups is 1. The number of alkyl halides is 3. The fourth-order valence-electron chi connectivity index (χ4n) is 4.30. The molecule has 2 aliphatic rings. The summed E-state index contributed by atoms with van der Waals surface area (Å²) >= 11 is 0. The third-order valence-electron chi connectivity index (χ3n) is 6.27. The molecule has 3 heterocycles. The number of aromatic nitrogens is 1. The molecule has 8 nitrogen and oxygen atoms in total. The van der Waals surface area contributed by atoms with Gasteiger partial charge in [0, 0.05) is 49.2 Å². The first-order chi connectivity index (χ1) is 17.6. The standard InChI is InChI=1S/C26H29F3N4O4/c1-17(34)15-37-23-7-6-20(14-30-23)22-13-25(16-31-18(22)2,33-8-10-36-11-9-33)32-24(35)19-4-3-5-21(12-19)26(27,28)29/h3-7,12,14,16-17,34H,8-11,13,15H2,1-2H3,(H,32,35)/t17?,25-/m1/s1. The molecule has 2 atom stereocenters. The zero-order valence-corrected chi connectivity index (χ0v) is 20.6. The molecule has 37 heavy (non-hydrogen) atoms. The second-order valence-electron chi connectivity index (χ2n) is 9.10. The molecule has 198 valence electrons. The Kier molecular flexibility index (Phi) is 7.96. The minimum absolute atomic E-state index is 0.0926. The number of aliphatic hydroxyl groups is 1. The number of carbonyl (C=O) groups excluding carboxylic acids is 1. The smallest absolute Gasteiger partial charge is 0.416 e. The fraction of sp³-hybridized carbons (Fsp3) is 0.423. The fourth-order valence-corrected chi connectivity index (χ4v) is 4.30. The lowest BCUT2D eigenvalue weighted by Crippen LogP contribution is -2.65. The summed E-state index contributed by atoms with van der Waals surface area (Å²) in [5.74, 6) is -0.276. The van der Waals surface area contributed by atoms with Crippen molar-refractivity contribution in [3.8, 4) is 5.88 Å². The van der Waals surface area contributed by atoms with Gasteiger partial charge in [0.25, 0.3) is 5.91 Å². The van der Waals surface area contributed by atoms with Crippen molar-refractivity contribution < 1.29 is 32.5 Å². The van der Waals surface area contributed by atoms with Crippen LogP contribution < -0.4 is 10.1 Å². The maximum Gasteiger partial charge on any atom is 0.416 e. The zero-order chi connectivity index (χ0) is 26.6. The zero-order valence-electron chi connectivity index (χ0n) is 20.6. The van der Waals surface area contributed by atoms with Crippen LogP contribution in [-0.2, 0) is 10.9 Å². The Hall–Kier alpha value is -3.28. The van der Waals surface area contributed by atoms with Gasteiger partial charge in [0.1, 0.15) is 12.3 Å². The van der Waals surface area contributed by atoms with Crippen LogP contribution in [0.25, 0.3) is 5.57 Å². The van der Waals surface area contributed by atoms with Gasteiger partial charge in [-0.05, 0) is 49.2 Å². The van der Waals surface area contributed by atoms with E-state index in [9.17, 15) is 23.1 Å². The number of morpholine rings is 1. The molecular weight excluding hydrogens is 489 g/mol. The van der Waals surface area contributed by atoms with Crippen LogP contribution in [0.3, 0.4) is 0 Å². The quantitative estimate of drug-likeness (QED) is 0.583. The van der Waals surface area contributed by atoms with Gasteiger partial charge in [-0.1, -0.05) is 6.07 Å². The summed E-state index contributed by atoms with van der Waals surface area (Å²) in [5, 5.41) is 12.4. The van der Waals surface area contributed by atoms with Gasteiger partial charge in [-0.2, -0.15) is 13.2 Å². The molecule has 2 N–H and O–H groups in total. The monoisotopic (exact) mass is 518 g/mol. The van der Waals surface area contributed by atoms with Gasteiger partial charge in [0.2, 0.25) is 5.88 Å². The van der Waals surface area contributed by atoms with Crippen molar-refractivity contribution in [2.24, 2.45) is 4.99 Å². The molecule has 2 aliphatic heterocycles. The number of ether oxygens (including phenoxy) is 2. The van der Waals surface area contributed by atoms with E-state index >= 15 is 0 Å². The highest BCUT2D eigenvalue weighted by atomic mass is 19.4. The predicted molar refractivity (Wildman–Crippen MR) is 131 cm³/mol. The van der Waals surface area contributed by atoms with Crippen LogP contribution in [0.15, 0.2) is 53.3 Å². The largest absolute Gasteiger partial charge is 0.475 e. The molecule has 0 saturated carbocycles. The average molecular weight is 519 g/mol. The van der Waals surface area contributed by atoms with Gasteiger partial charge >= 0.3 is 6.18 Å². The summed E-state index contributed by atoms with van der Waals surface area (Å²) in [6.45, 7) is 5.48. The number of benzene rings is 1. The lowest BCUT2D eigenvalue weighted by atomic mass is 9.90. The van der Waals surface area contributed by atoms with Crippen molar-refractivity contribution >= 4 is 17.7 Å². The van der Waals surface area contributed by atoms with Crippen molar-refractivity contribution in [1.82, 2.24) is 15.2 Å². The van der Waals surface area contributed by atoms with Crippen LogP contribution in [0.4, 0.5) is 13.2 Å². The van der Waals surface area contributed by atoms with E-state index < -0.39 is 29.4 Å². The van der Waals surface area contributed by atoms with Gasteiger partial charge in [-0.25, -0.2) is 4.98 Å². The van der Waals surface area contributed by atoms with Gasteiger partial charge in [-0.3, -0.25) is 14.7 Å². The van der Waals surface area contributed by atoms with Gasteiger partial charge in [0.05, 0.1) is 24.9 Å². The SMILES string of the molecule is CC1=C(c2ccc(OCC(C)O)nc2)C[C@@](NC(=O)c2cccc(C(F)(F)F)c2)(N2CCOCC2)C=N1. The van der Waals surface area contributed by atoms with Gasteiger partial charge in [-0.15, -0.1) is 0 Å². The Morgan fingerprint density at radius 2 is 2.03 bits per heavy atom. The summed E-state index contributed by atoms with van der Waals surface area (Å²) in [6.07, 6.45) is -1.59. The van der Waals surface area contributed by atoms with Crippen LogP contribution in [0.2, 0.25) is 0 Å². The summed E-state index contributed by atoms with van der Waals surface area (Å²) in [4.78, 5) is 24.2. The summed E-state index contributed by atoms with van der Waals surface area (Å²) in [6, 6.07) is 7.87. The maximum atomic E-state index is 13.3. The molecule has 1 unspecified atom stereocenters. The highest BCUT2D eigenvalue weighted by molar-refractivity contribution is 5.98. The number of halogens is 3. The van der Waals surface area contributed by atoms with E-state index in [1.807, 2.05) is 17.9 Å². The number of hydrogen-bond acceptors (Lipinski definition) is 7. The molecule has 11 heteroatoms. The van der Waals surface area contributed by atoms with Crippen LogP contribution in [0.5, 0.6) is 5.88 Å². The minimum atomic E-state index is -4.56. The van der Waals surface area contributed by atoms with Crippen LogP contribution in [0, 0.1) is 0 Å². The third-order valence-corrected chi connectivity index (χ3v) is 6.27. The molecule has 4 rings (SSSR count). The first kappa shape index (κ1) is 26.8. The number of hydrogen-bond donors (Lipinski definition) is 2. The molecule has 0 aliphatic carbocycles. The number of rotatable bonds is 7. The first-order valence-electron chi connectivity index (χ1n) is 11.9. The van der Waals surface area contributed by atoms with Crippen molar-refractivity contribution in [2.45, 2.75) is 38.2 Å². The van der Waals surface area contributed by atoms with E-state index in [-0.39, 0.29) is 12.2 Å². The highest BCUT2D eigenvalue weighted by Crippen LogP contribution is 2.35. The Labute approximate surface area is 212 Å². The number of allylic oxidation sites excluding steroid dienone is 1. The number of aliphatic hydroxyl groups excluding tert-OH is 1. The van der Waals surface area contributed by atoms with E-state index in [1.54, 1.807) is 25.4 Å². The van der Waals surface area contributed by atoms with Crippen molar-refractivity contribution in [2.75, 3.05) is 32.9 Å². The summed E-state index contributed by atoms with van der Waals surface area (Å²) < 4.78 is 50.7. The molecule has 1 aromatic carbocycles. The second kappa shape index (κ2) is 11.0. The topological polar surface area (TPSA) is 96.3 Å². The van der Waals surface area contributed by atoms with E-state index in [0.717, 1.165) is 29.0 Å². The molecule has 1 saturated heterocycles. The molecule has 0 bridgehead atoms. The lowest BCUT2D eigenvalue weighted by molar-refractivity contribution is -0.137. The maximum absolute atomic E-state index is 13.3. The van der Waals surface area contributed by atoms with Crippen LogP contribution in [-0.4, -0.2) is 71.8 Å². The third kappa shape index (κ3) is 6.35. The Morgan fingerprint density at radius 3 is 2.68 bits per heavy atom. The molecule has 1 amide bonds. The Morgan fingerprint density at radius 1 is 1.27 bits per heavy atom. The van der Waals surface area contributed by atoms with Crippen molar-refractivity contribution in [1.29, 1.82) is 0 Å². The normalized spacial score (nSPS) is 21.6. The lowest BCUT2D eigenvalue weighted by Gasteiger charge is -2.45. The second-order valence-corrected chi connectivity index (χ2v) is 9.10. The van der Waals surface area contributed by atoms with Gasteiger partial charge < -0.3 is 19.9 Å². The Balaban J connectivity index is 1.62. The molecule has 0 spiro atoms.